The zero-order chi connectivity index (χ0) is 14.7. The van der Waals surface area contributed by atoms with Gasteiger partial charge in [0.15, 0.2) is 0 Å². The number of nitrogens with two attached hydrogens (primary N) is 1. The SMILES string of the molecule is Cc1cc(Br)ccc1C(=O)NC(C)c1cccc(N)c1. The number of carbonyl (C=O) groups is 1. The predicted octanol–water partition coefficient (Wildman–Crippen LogP) is 3.83. The molecule has 3 nitrogen and oxygen atoms in total. The van der Waals surface area contributed by atoms with E-state index in [4.69, 9.17) is 5.73 Å². The van der Waals surface area contributed by atoms with Gasteiger partial charge in [-0.05, 0) is 55.3 Å². The molecule has 0 aliphatic heterocycles. The predicted molar refractivity (Wildman–Crippen MR) is 85.6 cm³/mol. The average molecular weight is 333 g/mol. The van der Waals surface area contributed by atoms with Gasteiger partial charge in [0.1, 0.15) is 0 Å². The number of hydrogen-bond acceptors (Lipinski definition) is 2. The lowest BCUT2D eigenvalue weighted by molar-refractivity contribution is 0.0939. The topological polar surface area (TPSA) is 55.1 Å². The minimum Gasteiger partial charge on any atom is -0.399 e. The van der Waals surface area contributed by atoms with E-state index in [9.17, 15) is 4.79 Å². The molecule has 104 valence electrons. The van der Waals surface area contributed by atoms with E-state index in [1.54, 1.807) is 0 Å². The second kappa shape index (κ2) is 6.09. The van der Waals surface area contributed by atoms with Gasteiger partial charge in [0.05, 0.1) is 6.04 Å². The molecule has 2 aromatic rings. The molecule has 2 aromatic carbocycles. The normalized spacial score (nSPS) is 11.9. The summed E-state index contributed by atoms with van der Waals surface area (Å²) in [6, 6.07) is 13.1. The Morgan fingerprint density at radius 3 is 2.65 bits per heavy atom. The number of carbonyl (C=O) groups excluding carboxylic acids is 1. The molecule has 0 bridgehead atoms. The molecular formula is C16H17BrN2O. The first-order valence-electron chi connectivity index (χ1n) is 6.40. The van der Waals surface area contributed by atoms with Crippen LogP contribution in [0.25, 0.3) is 0 Å². The molecule has 1 amide bonds. The number of rotatable bonds is 3. The summed E-state index contributed by atoms with van der Waals surface area (Å²) < 4.78 is 0.968. The van der Waals surface area contributed by atoms with E-state index in [-0.39, 0.29) is 11.9 Å². The summed E-state index contributed by atoms with van der Waals surface area (Å²) in [5.41, 5.74) is 9.08. The van der Waals surface area contributed by atoms with E-state index in [1.807, 2.05) is 56.3 Å². The molecule has 0 spiro atoms. The number of anilines is 1. The van der Waals surface area contributed by atoms with Crippen molar-refractivity contribution in [2.24, 2.45) is 0 Å². The molecule has 0 radical (unpaired) electrons. The highest BCUT2D eigenvalue weighted by molar-refractivity contribution is 9.10. The number of nitrogens with one attached hydrogen (secondary N) is 1. The third-order valence-corrected chi connectivity index (χ3v) is 3.68. The van der Waals surface area contributed by atoms with Gasteiger partial charge in [-0.3, -0.25) is 4.79 Å². The summed E-state index contributed by atoms with van der Waals surface area (Å²) in [6.07, 6.45) is 0. The second-order valence-electron chi connectivity index (χ2n) is 4.82. The Kier molecular flexibility index (Phi) is 4.45. The maximum atomic E-state index is 12.3. The van der Waals surface area contributed by atoms with Gasteiger partial charge in [-0.2, -0.15) is 0 Å². The minimum atomic E-state index is -0.0888. The molecule has 20 heavy (non-hydrogen) atoms. The summed E-state index contributed by atoms with van der Waals surface area (Å²) in [5, 5.41) is 2.99. The minimum absolute atomic E-state index is 0.0788. The van der Waals surface area contributed by atoms with Gasteiger partial charge in [-0.15, -0.1) is 0 Å². The number of halogens is 1. The summed E-state index contributed by atoms with van der Waals surface area (Å²) in [4.78, 5) is 12.3. The number of nitrogen functional groups attached to an aromatic ring is 1. The molecule has 1 atom stereocenters. The highest BCUT2D eigenvalue weighted by Crippen LogP contribution is 2.19. The molecule has 0 saturated heterocycles. The number of benzene rings is 2. The van der Waals surface area contributed by atoms with Crippen LogP contribution in [0.5, 0.6) is 0 Å². The highest BCUT2D eigenvalue weighted by Gasteiger charge is 2.13. The Morgan fingerprint density at radius 2 is 2.00 bits per heavy atom. The zero-order valence-electron chi connectivity index (χ0n) is 11.5. The lowest BCUT2D eigenvalue weighted by Gasteiger charge is -2.16. The maximum Gasteiger partial charge on any atom is 0.252 e. The molecule has 4 heteroatoms. The van der Waals surface area contributed by atoms with Crippen LogP contribution < -0.4 is 11.1 Å². The van der Waals surface area contributed by atoms with Gasteiger partial charge in [0.25, 0.3) is 5.91 Å². The Bertz CT molecular complexity index is 640. The van der Waals surface area contributed by atoms with Crippen LogP contribution >= 0.6 is 15.9 Å². The maximum absolute atomic E-state index is 12.3. The highest BCUT2D eigenvalue weighted by atomic mass is 79.9. The van der Waals surface area contributed by atoms with Crippen molar-refractivity contribution in [1.82, 2.24) is 5.32 Å². The van der Waals surface area contributed by atoms with Gasteiger partial charge in [-0.25, -0.2) is 0 Å². The second-order valence-corrected chi connectivity index (χ2v) is 5.74. The third-order valence-electron chi connectivity index (χ3n) is 3.19. The van der Waals surface area contributed by atoms with Crippen LogP contribution in [0, 0.1) is 6.92 Å². The van der Waals surface area contributed by atoms with E-state index in [0.717, 1.165) is 15.6 Å². The molecule has 2 rings (SSSR count). The quantitative estimate of drug-likeness (QED) is 0.839. The number of amides is 1. The first-order chi connectivity index (χ1) is 9.47. The van der Waals surface area contributed by atoms with E-state index in [2.05, 4.69) is 21.2 Å². The van der Waals surface area contributed by atoms with Gasteiger partial charge in [0.2, 0.25) is 0 Å². The molecule has 0 fully saturated rings. The third kappa shape index (κ3) is 3.39. The lowest BCUT2D eigenvalue weighted by Crippen LogP contribution is -2.27. The molecule has 1 unspecified atom stereocenters. The Morgan fingerprint density at radius 1 is 1.25 bits per heavy atom. The fourth-order valence-corrected chi connectivity index (χ4v) is 2.54. The molecule has 0 aliphatic carbocycles. The fraction of sp³-hybridized carbons (Fsp3) is 0.188. The van der Waals surface area contributed by atoms with Gasteiger partial charge in [0, 0.05) is 15.7 Å². The van der Waals surface area contributed by atoms with Crippen molar-refractivity contribution >= 4 is 27.5 Å². The first kappa shape index (κ1) is 14.6. The number of aryl methyl sites for hydroxylation is 1. The average Bonchev–Trinajstić information content (AvgIpc) is 2.38. The Balaban J connectivity index is 2.15. The zero-order valence-corrected chi connectivity index (χ0v) is 13.1. The Labute approximate surface area is 127 Å². The monoisotopic (exact) mass is 332 g/mol. The molecular weight excluding hydrogens is 316 g/mol. The van der Waals surface area contributed by atoms with E-state index in [0.29, 0.717) is 11.3 Å². The molecule has 0 saturated carbocycles. The first-order valence-corrected chi connectivity index (χ1v) is 7.19. The summed E-state index contributed by atoms with van der Waals surface area (Å²) >= 11 is 3.40. The summed E-state index contributed by atoms with van der Waals surface area (Å²) in [7, 11) is 0. The fourth-order valence-electron chi connectivity index (χ4n) is 2.07. The summed E-state index contributed by atoms with van der Waals surface area (Å²) in [5.74, 6) is -0.0788. The van der Waals surface area contributed by atoms with Crippen molar-refractivity contribution in [3.63, 3.8) is 0 Å². The Hall–Kier alpha value is -1.81. The molecule has 0 aliphatic rings. The van der Waals surface area contributed by atoms with Crippen LogP contribution in [0.3, 0.4) is 0 Å². The van der Waals surface area contributed by atoms with Crippen LogP contribution in [-0.4, -0.2) is 5.91 Å². The largest absolute Gasteiger partial charge is 0.399 e. The van der Waals surface area contributed by atoms with Crippen LogP contribution in [0.15, 0.2) is 46.9 Å². The lowest BCUT2D eigenvalue weighted by atomic mass is 10.1. The van der Waals surface area contributed by atoms with Crippen molar-refractivity contribution in [3.8, 4) is 0 Å². The van der Waals surface area contributed by atoms with Crippen LogP contribution in [0.1, 0.15) is 34.5 Å². The number of hydrogen-bond donors (Lipinski definition) is 2. The molecule has 0 aromatic heterocycles. The van der Waals surface area contributed by atoms with E-state index < -0.39 is 0 Å². The van der Waals surface area contributed by atoms with Crippen molar-refractivity contribution in [2.45, 2.75) is 19.9 Å². The molecule has 3 N–H and O–H groups in total. The van der Waals surface area contributed by atoms with Gasteiger partial charge >= 0.3 is 0 Å². The van der Waals surface area contributed by atoms with Crippen molar-refractivity contribution in [1.29, 1.82) is 0 Å². The van der Waals surface area contributed by atoms with Crippen LogP contribution in [0.4, 0.5) is 5.69 Å². The van der Waals surface area contributed by atoms with Crippen molar-refractivity contribution in [2.75, 3.05) is 5.73 Å². The standard InChI is InChI=1S/C16H17BrN2O/c1-10-8-13(17)6-7-15(10)16(20)19-11(2)12-4-3-5-14(18)9-12/h3-9,11H,18H2,1-2H3,(H,19,20). The van der Waals surface area contributed by atoms with Crippen LogP contribution in [-0.2, 0) is 0 Å². The van der Waals surface area contributed by atoms with Gasteiger partial charge < -0.3 is 11.1 Å². The van der Waals surface area contributed by atoms with E-state index >= 15 is 0 Å². The summed E-state index contributed by atoms with van der Waals surface area (Å²) in [6.45, 7) is 3.87. The molecule has 0 heterocycles. The van der Waals surface area contributed by atoms with Gasteiger partial charge in [-0.1, -0.05) is 28.1 Å². The van der Waals surface area contributed by atoms with Crippen molar-refractivity contribution in [3.05, 3.63) is 63.6 Å². The van der Waals surface area contributed by atoms with E-state index in [1.165, 1.54) is 0 Å². The van der Waals surface area contributed by atoms with Crippen LogP contribution in [0.2, 0.25) is 0 Å². The van der Waals surface area contributed by atoms with Crippen molar-refractivity contribution < 1.29 is 4.79 Å². The smallest absolute Gasteiger partial charge is 0.252 e.